The maximum Gasteiger partial charge on any atom is 0.160 e. The van der Waals surface area contributed by atoms with E-state index < -0.39 is 0 Å². The van der Waals surface area contributed by atoms with Gasteiger partial charge in [-0.15, -0.1) is 0 Å². The molecule has 12 aromatic rings. The van der Waals surface area contributed by atoms with Gasteiger partial charge in [0.15, 0.2) is 5.82 Å². The Balaban J connectivity index is 1.12. The highest BCUT2D eigenvalue weighted by Gasteiger charge is 2.29. The fourth-order valence-electron chi connectivity index (χ4n) is 10.1. The molecule has 72 heavy (non-hydrogen) atoms. The first kappa shape index (κ1) is 43.8. The fourth-order valence-corrected chi connectivity index (χ4v) is 10.1. The maximum absolute atomic E-state index is 5.44. The van der Waals surface area contributed by atoms with E-state index in [9.17, 15) is 0 Å². The van der Waals surface area contributed by atoms with Gasteiger partial charge in [-0.05, 0) is 113 Å². The third kappa shape index (κ3) is 8.75. The molecule has 2 heteroatoms. The first-order valence-corrected chi connectivity index (χ1v) is 24.6. The Morgan fingerprint density at radius 2 is 0.375 bits per heavy atom. The number of benzene rings is 11. The molecule has 338 valence electrons. The van der Waals surface area contributed by atoms with Crippen molar-refractivity contribution in [3.05, 3.63) is 291 Å². The predicted octanol–water partition coefficient (Wildman–Crippen LogP) is 18.8. The Morgan fingerprint density at radius 3 is 0.681 bits per heavy atom. The summed E-state index contributed by atoms with van der Waals surface area (Å²) in [5, 5.41) is 0. The van der Waals surface area contributed by atoms with Gasteiger partial charge in [0.1, 0.15) is 0 Å². The predicted molar refractivity (Wildman–Crippen MR) is 302 cm³/mol. The first-order valence-electron chi connectivity index (χ1n) is 24.6. The average Bonchev–Trinajstić information content (AvgIpc) is 3.48. The van der Waals surface area contributed by atoms with E-state index in [1.54, 1.807) is 0 Å². The van der Waals surface area contributed by atoms with Crippen molar-refractivity contribution in [1.29, 1.82) is 0 Å². The third-order valence-electron chi connectivity index (χ3n) is 13.5. The topological polar surface area (TPSA) is 25.8 Å². The van der Waals surface area contributed by atoms with Gasteiger partial charge in [-0.2, -0.15) is 0 Å². The van der Waals surface area contributed by atoms with Gasteiger partial charge in [0.25, 0.3) is 0 Å². The SMILES string of the molecule is c1ccc(-c2cc(-c3ccccc3)cc(-c3cc(-c4ccccc4)nc(-c4ccc(-c5c(-c6ccccc6)c(-c6ccccc6)c(-c6ccccc6)c(-c6ccccc6)c5-c5ccccc5)cc4)n3)c2)cc1. The van der Waals surface area contributed by atoms with Gasteiger partial charge in [0, 0.05) is 16.7 Å². The van der Waals surface area contributed by atoms with Crippen molar-refractivity contribution in [3.8, 4) is 123 Å². The summed E-state index contributed by atoms with van der Waals surface area (Å²) >= 11 is 0. The monoisotopic (exact) mass is 916 g/mol. The zero-order valence-electron chi connectivity index (χ0n) is 39.6. The van der Waals surface area contributed by atoms with Crippen molar-refractivity contribution in [2.24, 2.45) is 0 Å². The summed E-state index contributed by atoms with van der Waals surface area (Å²) in [7, 11) is 0. The van der Waals surface area contributed by atoms with E-state index >= 15 is 0 Å². The first-order chi connectivity index (χ1) is 35.7. The van der Waals surface area contributed by atoms with Gasteiger partial charge in [0.05, 0.1) is 11.4 Å². The summed E-state index contributed by atoms with van der Waals surface area (Å²) in [5.41, 5.74) is 23.1. The van der Waals surface area contributed by atoms with E-state index in [1.807, 2.05) is 6.07 Å². The molecular weight excluding hydrogens is 869 g/mol. The zero-order valence-corrected chi connectivity index (χ0v) is 39.6. The van der Waals surface area contributed by atoms with Crippen LogP contribution in [0.15, 0.2) is 291 Å². The summed E-state index contributed by atoms with van der Waals surface area (Å²) in [6.07, 6.45) is 0. The molecule has 0 aliphatic heterocycles. The second-order valence-corrected chi connectivity index (χ2v) is 18.0. The third-order valence-corrected chi connectivity index (χ3v) is 13.5. The molecule has 0 bridgehead atoms. The molecule has 1 aromatic heterocycles. The van der Waals surface area contributed by atoms with Crippen molar-refractivity contribution >= 4 is 0 Å². The molecule has 12 rings (SSSR count). The molecule has 11 aromatic carbocycles. The van der Waals surface area contributed by atoms with Crippen LogP contribution in [0, 0.1) is 0 Å². The van der Waals surface area contributed by atoms with Gasteiger partial charge in [0.2, 0.25) is 0 Å². The lowest BCUT2D eigenvalue weighted by atomic mass is 9.74. The highest BCUT2D eigenvalue weighted by molar-refractivity contribution is 6.15. The smallest absolute Gasteiger partial charge is 0.160 e. The average molecular weight is 917 g/mol. The summed E-state index contributed by atoms with van der Waals surface area (Å²) in [6, 6.07) is 104. The van der Waals surface area contributed by atoms with Crippen LogP contribution in [0.5, 0.6) is 0 Å². The Bertz CT molecular complexity index is 3610. The van der Waals surface area contributed by atoms with E-state index in [-0.39, 0.29) is 0 Å². The number of aromatic nitrogens is 2. The number of nitrogens with zero attached hydrogens (tertiary/aromatic N) is 2. The van der Waals surface area contributed by atoms with Crippen LogP contribution in [0.1, 0.15) is 0 Å². The summed E-state index contributed by atoms with van der Waals surface area (Å²) in [4.78, 5) is 10.8. The normalized spacial score (nSPS) is 11.1. The molecule has 0 amide bonds. The van der Waals surface area contributed by atoms with E-state index in [4.69, 9.17) is 9.97 Å². The second-order valence-electron chi connectivity index (χ2n) is 18.0. The molecule has 0 saturated carbocycles. The molecule has 0 atom stereocenters. The molecular formula is C70H48N2. The van der Waals surface area contributed by atoms with E-state index in [0.29, 0.717) is 5.82 Å². The Kier molecular flexibility index (Phi) is 12.1. The van der Waals surface area contributed by atoms with Crippen LogP contribution < -0.4 is 0 Å². The van der Waals surface area contributed by atoms with Crippen LogP contribution in [-0.4, -0.2) is 9.97 Å². The largest absolute Gasteiger partial charge is 0.228 e. The van der Waals surface area contributed by atoms with Gasteiger partial charge in [-0.1, -0.05) is 267 Å². The van der Waals surface area contributed by atoms with Gasteiger partial charge in [-0.25, -0.2) is 9.97 Å². The minimum absolute atomic E-state index is 0.658. The lowest BCUT2D eigenvalue weighted by molar-refractivity contribution is 1.18. The molecule has 0 radical (unpaired) electrons. The fraction of sp³-hybridized carbons (Fsp3) is 0. The van der Waals surface area contributed by atoms with Crippen LogP contribution in [0.4, 0.5) is 0 Å². The van der Waals surface area contributed by atoms with Crippen LogP contribution in [0.2, 0.25) is 0 Å². The quantitative estimate of drug-likeness (QED) is 0.129. The van der Waals surface area contributed by atoms with Gasteiger partial charge >= 0.3 is 0 Å². The Labute approximate surface area is 421 Å². The molecule has 0 aliphatic carbocycles. The standard InChI is InChI=1S/C70H48N2/c1-9-25-49(26-10-1)59-45-60(50-27-11-2-12-28-50)47-61(46-59)63-48-62(51-29-13-3-14-30-51)71-70(72-63)58-43-41-57(42-44-58)69-67(55-37-21-7-22-38-55)65(53-33-17-5-18-34-53)64(52-31-15-4-16-32-52)66(54-35-19-6-20-36-54)68(69)56-39-23-8-24-40-56/h1-48H. The van der Waals surface area contributed by atoms with Crippen LogP contribution in [0.25, 0.3) is 123 Å². The lowest BCUT2D eigenvalue weighted by Gasteiger charge is -2.28. The van der Waals surface area contributed by atoms with E-state index in [0.717, 1.165) is 89.3 Å². The molecule has 0 spiro atoms. The van der Waals surface area contributed by atoms with Crippen molar-refractivity contribution in [3.63, 3.8) is 0 Å². The van der Waals surface area contributed by atoms with Crippen molar-refractivity contribution in [1.82, 2.24) is 9.97 Å². The summed E-state index contributed by atoms with van der Waals surface area (Å²) < 4.78 is 0. The van der Waals surface area contributed by atoms with Gasteiger partial charge in [-0.3, -0.25) is 0 Å². The Hall–Kier alpha value is -9.50. The molecule has 0 aliphatic rings. The van der Waals surface area contributed by atoms with Crippen molar-refractivity contribution in [2.45, 2.75) is 0 Å². The van der Waals surface area contributed by atoms with Crippen molar-refractivity contribution < 1.29 is 0 Å². The lowest BCUT2D eigenvalue weighted by Crippen LogP contribution is -2.02. The molecule has 0 unspecified atom stereocenters. The highest BCUT2D eigenvalue weighted by atomic mass is 14.9. The second kappa shape index (κ2) is 19.8. The van der Waals surface area contributed by atoms with Gasteiger partial charge < -0.3 is 0 Å². The molecule has 1 heterocycles. The zero-order chi connectivity index (χ0) is 48.1. The molecule has 2 nitrogen and oxygen atoms in total. The molecule has 0 N–H and O–H groups in total. The van der Waals surface area contributed by atoms with Crippen molar-refractivity contribution in [2.75, 3.05) is 0 Å². The summed E-state index contributed by atoms with van der Waals surface area (Å²) in [6.45, 7) is 0. The van der Waals surface area contributed by atoms with E-state index in [2.05, 4.69) is 285 Å². The van der Waals surface area contributed by atoms with Crippen LogP contribution >= 0.6 is 0 Å². The highest BCUT2D eigenvalue weighted by Crippen LogP contribution is 2.56. The molecule has 0 fully saturated rings. The summed E-state index contributed by atoms with van der Waals surface area (Å²) in [5.74, 6) is 0.658. The van der Waals surface area contributed by atoms with E-state index in [1.165, 1.54) is 27.8 Å². The number of hydrogen-bond acceptors (Lipinski definition) is 2. The number of hydrogen-bond donors (Lipinski definition) is 0. The molecule has 0 saturated heterocycles. The Morgan fingerprint density at radius 1 is 0.153 bits per heavy atom. The minimum atomic E-state index is 0.658. The van der Waals surface area contributed by atoms with Crippen LogP contribution in [0.3, 0.4) is 0 Å². The van der Waals surface area contributed by atoms with Crippen LogP contribution in [-0.2, 0) is 0 Å². The number of rotatable bonds is 11. The minimum Gasteiger partial charge on any atom is -0.228 e. The maximum atomic E-state index is 5.44.